The molecule has 2 aromatic heterocycles. The number of amides is 2. The van der Waals surface area contributed by atoms with Crippen LogP contribution in [0.2, 0.25) is 0 Å². The Kier molecular flexibility index (Phi) is 6.26. The first-order valence-corrected chi connectivity index (χ1v) is 10.3. The van der Waals surface area contributed by atoms with Gasteiger partial charge in [-0.25, -0.2) is 0 Å². The number of fused-ring (bicyclic) bond motifs is 1. The van der Waals surface area contributed by atoms with Crippen LogP contribution in [-0.4, -0.2) is 29.5 Å². The molecule has 0 aliphatic carbocycles. The molecular weight excluding hydrogens is 406 g/mol. The van der Waals surface area contributed by atoms with Gasteiger partial charge in [-0.1, -0.05) is 30.3 Å². The third-order valence-electron chi connectivity index (χ3n) is 5.40. The minimum absolute atomic E-state index is 0.251. The Morgan fingerprint density at radius 2 is 1.88 bits per heavy atom. The molecule has 2 heterocycles. The molecule has 2 aromatic carbocycles. The van der Waals surface area contributed by atoms with Gasteiger partial charge in [0.1, 0.15) is 23.2 Å². The fourth-order valence-corrected chi connectivity index (χ4v) is 3.67. The molecule has 0 saturated carbocycles. The zero-order valence-corrected chi connectivity index (χ0v) is 18.0. The van der Waals surface area contributed by atoms with Crippen LogP contribution in [0.1, 0.15) is 21.8 Å². The smallest absolute Gasteiger partial charge is 0.268 e. The van der Waals surface area contributed by atoms with Crippen molar-refractivity contribution in [1.29, 1.82) is 0 Å². The molecule has 0 aliphatic heterocycles. The zero-order valence-electron chi connectivity index (χ0n) is 18.0. The first-order valence-electron chi connectivity index (χ1n) is 10.3. The Morgan fingerprint density at radius 1 is 1.06 bits per heavy atom. The molecule has 0 aliphatic rings. The molecule has 0 radical (unpaired) electrons. The predicted molar refractivity (Wildman–Crippen MR) is 121 cm³/mol. The van der Waals surface area contributed by atoms with E-state index in [4.69, 9.17) is 9.15 Å². The minimum Gasteiger partial charge on any atom is -0.497 e. The van der Waals surface area contributed by atoms with Crippen LogP contribution in [0.4, 0.5) is 0 Å². The van der Waals surface area contributed by atoms with Gasteiger partial charge in [0.2, 0.25) is 5.91 Å². The highest BCUT2D eigenvalue weighted by atomic mass is 16.5. The summed E-state index contributed by atoms with van der Waals surface area (Å²) < 4.78 is 12.4. The molecule has 4 aromatic rings. The van der Waals surface area contributed by atoms with E-state index >= 15 is 0 Å². The van der Waals surface area contributed by atoms with Crippen molar-refractivity contribution in [1.82, 2.24) is 15.2 Å². The molecule has 164 valence electrons. The van der Waals surface area contributed by atoms with Gasteiger partial charge in [0.15, 0.2) is 0 Å². The molecule has 0 saturated heterocycles. The van der Waals surface area contributed by atoms with E-state index in [-0.39, 0.29) is 18.4 Å². The third-order valence-corrected chi connectivity index (χ3v) is 5.40. The van der Waals surface area contributed by atoms with Crippen LogP contribution in [0.25, 0.3) is 10.9 Å². The lowest BCUT2D eigenvalue weighted by molar-refractivity contribution is -0.123. The molecule has 7 heteroatoms. The fourth-order valence-electron chi connectivity index (χ4n) is 3.67. The van der Waals surface area contributed by atoms with Gasteiger partial charge in [0, 0.05) is 24.4 Å². The highest BCUT2D eigenvalue weighted by molar-refractivity contribution is 6.01. The Hall–Kier alpha value is -4.00. The molecule has 4 rings (SSSR count). The largest absolute Gasteiger partial charge is 0.497 e. The maximum absolute atomic E-state index is 13.2. The van der Waals surface area contributed by atoms with Crippen molar-refractivity contribution in [3.05, 3.63) is 90.0 Å². The van der Waals surface area contributed by atoms with Crippen LogP contribution >= 0.6 is 0 Å². The first-order chi connectivity index (χ1) is 15.5. The number of benzene rings is 2. The van der Waals surface area contributed by atoms with Crippen molar-refractivity contribution < 1.29 is 18.7 Å². The summed E-state index contributed by atoms with van der Waals surface area (Å²) in [5.74, 6) is 0.760. The van der Waals surface area contributed by atoms with E-state index < -0.39 is 6.04 Å². The summed E-state index contributed by atoms with van der Waals surface area (Å²) in [6.07, 6.45) is 1.92. The van der Waals surface area contributed by atoms with Gasteiger partial charge in [0.05, 0.1) is 19.9 Å². The number of carbonyl (C=O) groups excluding carboxylic acids is 2. The lowest BCUT2D eigenvalue weighted by Gasteiger charge is -2.19. The highest BCUT2D eigenvalue weighted by Gasteiger charge is 2.24. The Bertz CT molecular complexity index is 1210. The number of nitrogens with zero attached hydrogens (tertiary/aromatic N) is 1. The summed E-state index contributed by atoms with van der Waals surface area (Å²) in [4.78, 5) is 26.1. The maximum Gasteiger partial charge on any atom is 0.268 e. The summed E-state index contributed by atoms with van der Waals surface area (Å²) in [6, 6.07) is 19.8. The van der Waals surface area contributed by atoms with E-state index in [0.29, 0.717) is 23.6 Å². The lowest BCUT2D eigenvalue weighted by Crippen LogP contribution is -2.48. The van der Waals surface area contributed by atoms with Crippen molar-refractivity contribution in [2.45, 2.75) is 19.0 Å². The molecule has 0 unspecified atom stereocenters. The van der Waals surface area contributed by atoms with E-state index in [1.54, 1.807) is 31.6 Å². The number of nitrogens with one attached hydrogen (secondary N) is 2. The monoisotopic (exact) mass is 431 g/mol. The predicted octanol–water partition coefficient (Wildman–Crippen LogP) is 3.44. The van der Waals surface area contributed by atoms with Gasteiger partial charge in [0.25, 0.3) is 5.91 Å². The van der Waals surface area contributed by atoms with Crippen LogP contribution < -0.4 is 15.4 Å². The summed E-state index contributed by atoms with van der Waals surface area (Å²) in [5, 5.41) is 6.64. The van der Waals surface area contributed by atoms with Crippen molar-refractivity contribution in [3.8, 4) is 5.75 Å². The second-order valence-corrected chi connectivity index (χ2v) is 7.53. The topological polar surface area (TPSA) is 85.5 Å². The summed E-state index contributed by atoms with van der Waals surface area (Å²) in [6.45, 7) is 0.251. The second-order valence-electron chi connectivity index (χ2n) is 7.53. The van der Waals surface area contributed by atoms with Crippen LogP contribution in [0.15, 0.2) is 77.4 Å². The number of methoxy groups -OCH3 is 1. The number of furan rings is 1. The van der Waals surface area contributed by atoms with Crippen LogP contribution in [0.3, 0.4) is 0 Å². The van der Waals surface area contributed by atoms with Gasteiger partial charge >= 0.3 is 0 Å². The molecule has 2 amide bonds. The summed E-state index contributed by atoms with van der Waals surface area (Å²) in [5.41, 5.74) is 2.32. The molecule has 0 spiro atoms. The highest BCUT2D eigenvalue weighted by Crippen LogP contribution is 2.24. The van der Waals surface area contributed by atoms with E-state index in [0.717, 1.165) is 16.5 Å². The lowest BCUT2D eigenvalue weighted by atomic mass is 10.0. The minimum atomic E-state index is -0.743. The van der Waals surface area contributed by atoms with E-state index in [1.165, 1.54) is 0 Å². The average Bonchev–Trinajstić information content (AvgIpc) is 3.45. The second kappa shape index (κ2) is 9.43. The third kappa shape index (κ3) is 4.67. The molecule has 32 heavy (non-hydrogen) atoms. The Morgan fingerprint density at radius 3 is 2.59 bits per heavy atom. The number of aryl methyl sites for hydroxylation is 1. The van der Waals surface area contributed by atoms with Crippen LogP contribution in [0.5, 0.6) is 5.75 Å². The van der Waals surface area contributed by atoms with Crippen molar-refractivity contribution in [2.24, 2.45) is 7.05 Å². The number of ether oxygens (including phenoxy) is 1. The number of aromatic nitrogens is 1. The molecular formula is C25H25N3O4. The van der Waals surface area contributed by atoms with Gasteiger partial charge in [-0.15, -0.1) is 0 Å². The fraction of sp³-hybridized carbons (Fsp3) is 0.200. The quantitative estimate of drug-likeness (QED) is 0.448. The molecule has 0 bridgehead atoms. The number of carbonyl (C=O) groups is 2. The SMILES string of the molecule is COc1ccc2c(c1)cc(C(=O)N[C@H](Cc1ccccc1)C(=O)NCc1ccco1)n2C. The van der Waals surface area contributed by atoms with Gasteiger partial charge in [-0.05, 0) is 42.0 Å². The standard InChI is InChI=1S/C25H25N3O4/c1-28-22-11-10-19(31-2)14-18(22)15-23(28)25(30)27-21(13-17-7-4-3-5-8-17)24(29)26-16-20-9-6-12-32-20/h3-12,14-15,21H,13,16H2,1-2H3,(H,26,29)(H,27,30)/t21-/m1/s1. The zero-order chi connectivity index (χ0) is 22.5. The molecule has 0 fully saturated rings. The van der Waals surface area contributed by atoms with E-state index in [2.05, 4.69) is 10.6 Å². The van der Waals surface area contributed by atoms with Crippen LogP contribution in [0, 0.1) is 0 Å². The Labute approximate surface area is 186 Å². The average molecular weight is 431 g/mol. The van der Waals surface area contributed by atoms with Crippen LogP contribution in [-0.2, 0) is 24.8 Å². The molecule has 2 N–H and O–H groups in total. The molecule has 1 atom stereocenters. The van der Waals surface area contributed by atoms with Gasteiger partial charge in [-0.3, -0.25) is 9.59 Å². The molecule has 7 nitrogen and oxygen atoms in total. The van der Waals surface area contributed by atoms with Gasteiger partial charge in [-0.2, -0.15) is 0 Å². The summed E-state index contributed by atoms with van der Waals surface area (Å²) in [7, 11) is 3.43. The number of rotatable bonds is 8. The van der Waals surface area contributed by atoms with E-state index in [1.807, 2.05) is 60.1 Å². The van der Waals surface area contributed by atoms with E-state index in [9.17, 15) is 9.59 Å². The van der Waals surface area contributed by atoms with Gasteiger partial charge < -0.3 is 24.4 Å². The number of hydrogen-bond acceptors (Lipinski definition) is 4. The Balaban J connectivity index is 1.55. The first kappa shape index (κ1) is 21.2. The summed E-state index contributed by atoms with van der Waals surface area (Å²) >= 11 is 0. The number of hydrogen-bond donors (Lipinski definition) is 2. The van der Waals surface area contributed by atoms with Crippen molar-refractivity contribution in [2.75, 3.05) is 7.11 Å². The normalized spacial score (nSPS) is 11.8. The van der Waals surface area contributed by atoms with Crippen molar-refractivity contribution in [3.63, 3.8) is 0 Å². The van der Waals surface area contributed by atoms with Crippen molar-refractivity contribution >= 4 is 22.7 Å². The maximum atomic E-state index is 13.2.